The van der Waals surface area contributed by atoms with E-state index in [1.807, 2.05) is 44.2 Å². The monoisotopic (exact) mass is 328 g/mol. The lowest BCUT2D eigenvalue weighted by atomic mass is 10.1. The molecule has 1 aromatic carbocycles. The van der Waals surface area contributed by atoms with Crippen LogP contribution < -0.4 is 5.32 Å². The zero-order valence-electron chi connectivity index (χ0n) is 14.4. The van der Waals surface area contributed by atoms with Crippen molar-refractivity contribution >= 4 is 11.9 Å². The van der Waals surface area contributed by atoms with Gasteiger partial charge in [-0.25, -0.2) is 9.97 Å². The third-order valence-electron chi connectivity index (χ3n) is 3.54. The molecule has 1 amide bonds. The zero-order chi connectivity index (χ0) is 17.4. The minimum Gasteiger partial charge on any atom is -0.383 e. The Bertz CT molecular complexity index is 646. The third-order valence-corrected chi connectivity index (χ3v) is 3.54. The Kier molecular flexibility index (Phi) is 6.69. The largest absolute Gasteiger partial charge is 0.383 e. The molecule has 1 N–H and O–H groups in total. The van der Waals surface area contributed by atoms with Crippen molar-refractivity contribution in [1.29, 1.82) is 0 Å². The number of hydrogen-bond donors (Lipinski definition) is 1. The van der Waals surface area contributed by atoms with E-state index in [-0.39, 0.29) is 11.9 Å². The highest BCUT2D eigenvalue weighted by Crippen LogP contribution is 2.13. The average molecular weight is 328 g/mol. The molecule has 0 fully saturated rings. The molecule has 0 aliphatic rings. The lowest BCUT2D eigenvalue weighted by Gasteiger charge is -2.26. The number of amides is 1. The molecule has 0 saturated heterocycles. The van der Waals surface area contributed by atoms with Crippen LogP contribution in [0.4, 0.5) is 5.95 Å². The summed E-state index contributed by atoms with van der Waals surface area (Å²) in [5, 5.41) is 3.04. The van der Waals surface area contributed by atoms with Crippen molar-refractivity contribution in [3.63, 3.8) is 0 Å². The summed E-state index contributed by atoms with van der Waals surface area (Å²) in [5.74, 6) is 0.326. The minimum absolute atomic E-state index is 0.0672. The van der Waals surface area contributed by atoms with Gasteiger partial charge in [-0.2, -0.15) is 0 Å². The normalized spacial score (nSPS) is 10.7. The number of ether oxygens (including phenoxy) is 1. The second-order valence-electron chi connectivity index (χ2n) is 5.70. The highest BCUT2D eigenvalue weighted by atomic mass is 16.5. The van der Waals surface area contributed by atoms with Crippen LogP contribution in [-0.4, -0.2) is 47.1 Å². The van der Waals surface area contributed by atoms with Crippen LogP contribution in [0.1, 0.15) is 29.9 Å². The molecular formula is C18H24N4O2. The van der Waals surface area contributed by atoms with Crippen LogP contribution in [0.5, 0.6) is 0 Å². The predicted molar refractivity (Wildman–Crippen MR) is 93.8 cm³/mol. The third kappa shape index (κ3) is 5.03. The number of aromatic nitrogens is 2. The van der Waals surface area contributed by atoms with E-state index >= 15 is 0 Å². The van der Waals surface area contributed by atoms with Gasteiger partial charge in [-0.3, -0.25) is 4.79 Å². The fourth-order valence-corrected chi connectivity index (χ4v) is 2.24. The Hall–Kier alpha value is -2.47. The standard InChI is InChI=1S/C18H24N4O2/c1-14(2)22(13-15-7-5-4-6-8-15)17(23)16-9-10-19-18(21-16)20-11-12-24-3/h4-10,14H,11-13H2,1-3H3,(H,19,20,21). The summed E-state index contributed by atoms with van der Waals surface area (Å²) < 4.78 is 4.98. The second kappa shape index (κ2) is 8.98. The smallest absolute Gasteiger partial charge is 0.273 e. The van der Waals surface area contributed by atoms with Crippen molar-refractivity contribution in [3.8, 4) is 0 Å². The number of nitrogens with one attached hydrogen (secondary N) is 1. The molecule has 24 heavy (non-hydrogen) atoms. The van der Waals surface area contributed by atoms with Crippen LogP contribution in [0.25, 0.3) is 0 Å². The summed E-state index contributed by atoms with van der Waals surface area (Å²) in [6, 6.07) is 11.7. The molecule has 1 heterocycles. The molecule has 0 aliphatic heterocycles. The minimum atomic E-state index is -0.106. The van der Waals surface area contributed by atoms with E-state index in [0.29, 0.717) is 31.3 Å². The number of rotatable bonds is 8. The fraction of sp³-hybridized carbons (Fsp3) is 0.389. The average Bonchev–Trinajstić information content (AvgIpc) is 2.60. The van der Waals surface area contributed by atoms with Crippen molar-refractivity contribution in [2.45, 2.75) is 26.4 Å². The van der Waals surface area contributed by atoms with E-state index < -0.39 is 0 Å². The van der Waals surface area contributed by atoms with Gasteiger partial charge in [0.1, 0.15) is 5.69 Å². The number of anilines is 1. The maximum atomic E-state index is 12.9. The number of nitrogens with zero attached hydrogens (tertiary/aromatic N) is 3. The van der Waals surface area contributed by atoms with Crippen molar-refractivity contribution < 1.29 is 9.53 Å². The Morgan fingerprint density at radius 2 is 2.00 bits per heavy atom. The first-order chi connectivity index (χ1) is 11.6. The summed E-state index contributed by atoms with van der Waals surface area (Å²) in [5.41, 5.74) is 1.47. The molecule has 0 saturated carbocycles. The summed E-state index contributed by atoms with van der Waals surface area (Å²) in [6.07, 6.45) is 1.59. The highest BCUT2D eigenvalue weighted by molar-refractivity contribution is 5.92. The van der Waals surface area contributed by atoms with Gasteiger partial charge in [0.25, 0.3) is 5.91 Å². The molecule has 6 heteroatoms. The summed E-state index contributed by atoms with van der Waals surface area (Å²) in [4.78, 5) is 23.1. The first-order valence-corrected chi connectivity index (χ1v) is 8.02. The molecule has 0 spiro atoms. The Balaban J connectivity index is 2.13. The highest BCUT2D eigenvalue weighted by Gasteiger charge is 2.20. The first-order valence-electron chi connectivity index (χ1n) is 8.02. The van der Waals surface area contributed by atoms with Gasteiger partial charge in [-0.1, -0.05) is 30.3 Å². The van der Waals surface area contributed by atoms with E-state index in [0.717, 1.165) is 5.56 Å². The van der Waals surface area contributed by atoms with E-state index in [9.17, 15) is 4.79 Å². The summed E-state index contributed by atoms with van der Waals surface area (Å²) in [7, 11) is 1.63. The van der Waals surface area contributed by atoms with Crippen LogP contribution in [0.2, 0.25) is 0 Å². The van der Waals surface area contributed by atoms with Gasteiger partial charge in [-0.05, 0) is 25.5 Å². The van der Waals surface area contributed by atoms with Crippen LogP contribution >= 0.6 is 0 Å². The van der Waals surface area contributed by atoms with E-state index in [2.05, 4.69) is 15.3 Å². The van der Waals surface area contributed by atoms with Crippen molar-refractivity contribution in [2.75, 3.05) is 25.6 Å². The molecule has 0 radical (unpaired) electrons. The maximum Gasteiger partial charge on any atom is 0.273 e. The molecule has 2 rings (SSSR count). The molecule has 0 atom stereocenters. The molecule has 0 aliphatic carbocycles. The van der Waals surface area contributed by atoms with Gasteiger partial charge in [-0.15, -0.1) is 0 Å². The Morgan fingerprint density at radius 1 is 1.25 bits per heavy atom. The lowest BCUT2D eigenvalue weighted by molar-refractivity contribution is 0.0684. The van der Waals surface area contributed by atoms with Gasteiger partial charge >= 0.3 is 0 Å². The number of methoxy groups -OCH3 is 1. The first kappa shape index (κ1) is 17.9. The van der Waals surface area contributed by atoms with Gasteiger partial charge in [0.05, 0.1) is 6.61 Å². The van der Waals surface area contributed by atoms with Crippen molar-refractivity contribution in [1.82, 2.24) is 14.9 Å². The SMILES string of the molecule is COCCNc1nccc(C(=O)N(Cc2ccccc2)C(C)C)n1. The number of benzene rings is 1. The molecule has 0 unspecified atom stereocenters. The zero-order valence-corrected chi connectivity index (χ0v) is 14.4. The quantitative estimate of drug-likeness (QED) is 0.755. The molecular weight excluding hydrogens is 304 g/mol. The number of carbonyl (C=O) groups is 1. The molecule has 2 aromatic rings. The molecule has 128 valence electrons. The predicted octanol–water partition coefficient (Wildman–Crippen LogP) is 2.59. The van der Waals surface area contributed by atoms with Crippen LogP contribution in [0.3, 0.4) is 0 Å². The number of carbonyl (C=O) groups excluding carboxylic acids is 1. The fourth-order valence-electron chi connectivity index (χ4n) is 2.24. The Labute approximate surface area is 142 Å². The van der Waals surface area contributed by atoms with Gasteiger partial charge < -0.3 is 15.0 Å². The number of hydrogen-bond acceptors (Lipinski definition) is 5. The van der Waals surface area contributed by atoms with Crippen LogP contribution in [-0.2, 0) is 11.3 Å². The molecule has 0 bridgehead atoms. The lowest BCUT2D eigenvalue weighted by Crippen LogP contribution is -2.37. The van der Waals surface area contributed by atoms with Gasteiger partial charge in [0, 0.05) is 32.4 Å². The van der Waals surface area contributed by atoms with Crippen LogP contribution in [0.15, 0.2) is 42.6 Å². The van der Waals surface area contributed by atoms with Gasteiger partial charge in [0.2, 0.25) is 5.95 Å². The Morgan fingerprint density at radius 3 is 2.67 bits per heavy atom. The summed E-state index contributed by atoms with van der Waals surface area (Å²) >= 11 is 0. The second-order valence-corrected chi connectivity index (χ2v) is 5.70. The van der Waals surface area contributed by atoms with Crippen molar-refractivity contribution in [3.05, 3.63) is 53.9 Å². The van der Waals surface area contributed by atoms with Crippen LogP contribution in [0, 0.1) is 0 Å². The maximum absolute atomic E-state index is 12.9. The van der Waals surface area contributed by atoms with Crippen molar-refractivity contribution in [2.24, 2.45) is 0 Å². The van der Waals surface area contributed by atoms with Gasteiger partial charge in [0.15, 0.2) is 0 Å². The topological polar surface area (TPSA) is 67.3 Å². The molecule has 1 aromatic heterocycles. The van der Waals surface area contributed by atoms with E-state index in [1.165, 1.54) is 0 Å². The van der Waals surface area contributed by atoms with E-state index in [1.54, 1.807) is 24.3 Å². The summed E-state index contributed by atoms with van der Waals surface area (Å²) in [6.45, 7) is 5.69. The molecule has 6 nitrogen and oxygen atoms in total. The van der Waals surface area contributed by atoms with E-state index in [4.69, 9.17) is 4.74 Å².